The van der Waals surface area contributed by atoms with Gasteiger partial charge in [0.1, 0.15) is 0 Å². The zero-order valence-corrected chi connectivity index (χ0v) is 10.6. The smallest absolute Gasteiger partial charge is 0.358 e. The van der Waals surface area contributed by atoms with Crippen LogP contribution in [0.4, 0.5) is 0 Å². The van der Waals surface area contributed by atoms with Gasteiger partial charge < -0.3 is 14.4 Å². The standard InChI is InChI=1S/C12H13N3O4/c1-3-10-14-9(15-19-10)6-18-8-5-4-7(2)13-11(8)12(16)17/h4-5H,3,6H2,1-2H3,(H,16,17). The molecule has 2 aromatic rings. The lowest BCUT2D eigenvalue weighted by molar-refractivity contribution is 0.0684. The van der Waals surface area contributed by atoms with Crippen molar-refractivity contribution in [3.63, 3.8) is 0 Å². The van der Waals surface area contributed by atoms with Crippen molar-refractivity contribution >= 4 is 5.97 Å². The Labute approximate surface area is 109 Å². The topological polar surface area (TPSA) is 98.3 Å². The maximum Gasteiger partial charge on any atom is 0.358 e. The van der Waals surface area contributed by atoms with Crippen molar-refractivity contribution in [1.82, 2.24) is 15.1 Å². The summed E-state index contributed by atoms with van der Waals surface area (Å²) in [6, 6.07) is 3.24. The molecule has 1 N–H and O–H groups in total. The predicted octanol–water partition coefficient (Wildman–Crippen LogP) is 1.61. The van der Waals surface area contributed by atoms with Crippen LogP contribution in [-0.2, 0) is 13.0 Å². The maximum atomic E-state index is 11.0. The van der Waals surface area contributed by atoms with Crippen molar-refractivity contribution in [3.05, 3.63) is 35.2 Å². The minimum Gasteiger partial charge on any atom is -0.483 e. The molecule has 0 aliphatic carbocycles. The number of carbonyl (C=O) groups is 1. The molecule has 0 aliphatic rings. The van der Waals surface area contributed by atoms with Crippen molar-refractivity contribution in [2.75, 3.05) is 0 Å². The van der Waals surface area contributed by atoms with Gasteiger partial charge in [-0.25, -0.2) is 9.78 Å². The molecule has 2 aromatic heterocycles. The number of pyridine rings is 1. The van der Waals surface area contributed by atoms with Crippen LogP contribution in [0.2, 0.25) is 0 Å². The number of hydrogen-bond acceptors (Lipinski definition) is 6. The molecule has 0 unspecified atom stereocenters. The van der Waals surface area contributed by atoms with E-state index in [9.17, 15) is 4.79 Å². The van der Waals surface area contributed by atoms with Gasteiger partial charge in [-0.1, -0.05) is 12.1 Å². The highest BCUT2D eigenvalue weighted by molar-refractivity contribution is 5.88. The van der Waals surface area contributed by atoms with E-state index in [-0.39, 0.29) is 18.1 Å². The summed E-state index contributed by atoms with van der Waals surface area (Å²) in [5, 5.41) is 12.8. The number of rotatable bonds is 5. The third kappa shape index (κ3) is 3.06. The van der Waals surface area contributed by atoms with E-state index in [1.807, 2.05) is 6.92 Å². The number of carboxylic acid groups (broad SMARTS) is 1. The molecule has 100 valence electrons. The van der Waals surface area contributed by atoms with E-state index in [2.05, 4.69) is 15.1 Å². The van der Waals surface area contributed by atoms with Gasteiger partial charge in [-0.2, -0.15) is 4.98 Å². The highest BCUT2D eigenvalue weighted by atomic mass is 16.5. The van der Waals surface area contributed by atoms with E-state index in [1.165, 1.54) is 0 Å². The van der Waals surface area contributed by atoms with Gasteiger partial charge in [-0.15, -0.1) is 0 Å². The minimum absolute atomic E-state index is 0.0362. The Hall–Kier alpha value is -2.44. The molecule has 0 amide bonds. The zero-order valence-electron chi connectivity index (χ0n) is 10.6. The molecule has 2 rings (SSSR count). The van der Waals surface area contributed by atoms with Gasteiger partial charge in [-0.05, 0) is 19.1 Å². The number of aryl methyl sites for hydroxylation is 2. The number of nitrogens with zero attached hydrogens (tertiary/aromatic N) is 3. The summed E-state index contributed by atoms with van der Waals surface area (Å²) >= 11 is 0. The zero-order chi connectivity index (χ0) is 13.8. The lowest BCUT2D eigenvalue weighted by Crippen LogP contribution is -2.07. The molecule has 0 bridgehead atoms. The highest BCUT2D eigenvalue weighted by Gasteiger charge is 2.14. The van der Waals surface area contributed by atoms with Gasteiger partial charge in [-0.3, -0.25) is 0 Å². The van der Waals surface area contributed by atoms with Crippen molar-refractivity contribution in [2.45, 2.75) is 26.9 Å². The van der Waals surface area contributed by atoms with Crippen LogP contribution in [0.3, 0.4) is 0 Å². The van der Waals surface area contributed by atoms with Gasteiger partial charge in [0.2, 0.25) is 11.7 Å². The van der Waals surface area contributed by atoms with Gasteiger partial charge in [0.15, 0.2) is 18.1 Å². The first-order valence-electron chi connectivity index (χ1n) is 5.75. The van der Waals surface area contributed by atoms with E-state index in [4.69, 9.17) is 14.4 Å². The maximum absolute atomic E-state index is 11.0. The monoisotopic (exact) mass is 263 g/mol. The van der Waals surface area contributed by atoms with Crippen LogP contribution in [0, 0.1) is 6.92 Å². The molecule has 0 aliphatic heterocycles. The number of ether oxygens (including phenoxy) is 1. The summed E-state index contributed by atoms with van der Waals surface area (Å²) in [5.74, 6) is -0.0742. The molecule has 0 spiro atoms. The first-order valence-corrected chi connectivity index (χ1v) is 5.75. The Balaban J connectivity index is 2.12. The highest BCUT2D eigenvalue weighted by Crippen LogP contribution is 2.18. The van der Waals surface area contributed by atoms with E-state index in [1.54, 1.807) is 19.1 Å². The third-order valence-electron chi connectivity index (χ3n) is 2.37. The molecular weight excluding hydrogens is 250 g/mol. The summed E-state index contributed by atoms with van der Waals surface area (Å²) in [6.45, 7) is 3.64. The fraction of sp³-hybridized carbons (Fsp3) is 0.333. The van der Waals surface area contributed by atoms with E-state index in [0.717, 1.165) is 0 Å². The Kier molecular flexibility index (Phi) is 3.74. The van der Waals surface area contributed by atoms with Crippen LogP contribution in [0.5, 0.6) is 5.75 Å². The largest absolute Gasteiger partial charge is 0.483 e. The quantitative estimate of drug-likeness (QED) is 0.874. The molecule has 0 saturated heterocycles. The lowest BCUT2D eigenvalue weighted by Gasteiger charge is -2.06. The number of aromatic nitrogens is 3. The van der Waals surface area contributed by atoms with Crippen molar-refractivity contribution in [2.24, 2.45) is 0 Å². The predicted molar refractivity (Wildman–Crippen MR) is 63.9 cm³/mol. The number of hydrogen-bond donors (Lipinski definition) is 1. The summed E-state index contributed by atoms with van der Waals surface area (Å²) < 4.78 is 10.3. The fourth-order valence-electron chi connectivity index (χ4n) is 1.45. The van der Waals surface area contributed by atoms with Crippen LogP contribution in [0.15, 0.2) is 16.7 Å². The third-order valence-corrected chi connectivity index (χ3v) is 2.37. The average molecular weight is 263 g/mol. The lowest BCUT2D eigenvalue weighted by atomic mass is 10.3. The summed E-state index contributed by atoms with van der Waals surface area (Å²) in [5.41, 5.74) is 0.483. The SMILES string of the molecule is CCc1nc(COc2ccc(C)nc2C(=O)O)no1. The molecule has 0 aromatic carbocycles. The number of aromatic carboxylic acids is 1. The average Bonchev–Trinajstić information content (AvgIpc) is 2.85. The fourth-order valence-corrected chi connectivity index (χ4v) is 1.45. The normalized spacial score (nSPS) is 10.4. The van der Waals surface area contributed by atoms with Gasteiger partial charge in [0.05, 0.1) is 0 Å². The van der Waals surface area contributed by atoms with E-state index >= 15 is 0 Å². The molecule has 7 nitrogen and oxygen atoms in total. The van der Waals surface area contributed by atoms with Crippen LogP contribution >= 0.6 is 0 Å². The first kappa shape index (κ1) is 13.0. The Morgan fingerprint density at radius 3 is 2.84 bits per heavy atom. The Morgan fingerprint density at radius 2 is 2.21 bits per heavy atom. The molecular formula is C12H13N3O4. The molecule has 0 saturated carbocycles. The van der Waals surface area contributed by atoms with Crippen LogP contribution in [0.1, 0.15) is 34.8 Å². The summed E-state index contributed by atoms with van der Waals surface area (Å²) in [6.07, 6.45) is 0.638. The molecule has 2 heterocycles. The Morgan fingerprint density at radius 1 is 1.42 bits per heavy atom. The van der Waals surface area contributed by atoms with Crippen molar-refractivity contribution in [1.29, 1.82) is 0 Å². The first-order chi connectivity index (χ1) is 9.10. The van der Waals surface area contributed by atoms with E-state index < -0.39 is 5.97 Å². The minimum atomic E-state index is -1.14. The Bertz CT molecular complexity index is 594. The molecule has 0 atom stereocenters. The van der Waals surface area contributed by atoms with Gasteiger partial charge >= 0.3 is 5.97 Å². The molecule has 19 heavy (non-hydrogen) atoms. The second-order valence-electron chi connectivity index (χ2n) is 3.85. The van der Waals surface area contributed by atoms with Crippen LogP contribution in [-0.4, -0.2) is 26.2 Å². The van der Waals surface area contributed by atoms with Crippen molar-refractivity contribution in [3.8, 4) is 5.75 Å². The van der Waals surface area contributed by atoms with Crippen LogP contribution < -0.4 is 4.74 Å². The van der Waals surface area contributed by atoms with Crippen molar-refractivity contribution < 1.29 is 19.2 Å². The molecule has 0 fully saturated rings. The van der Waals surface area contributed by atoms with Gasteiger partial charge in [0, 0.05) is 12.1 Å². The number of carboxylic acids is 1. The molecule has 7 heteroatoms. The second-order valence-corrected chi connectivity index (χ2v) is 3.85. The van der Waals surface area contributed by atoms with Crippen LogP contribution in [0.25, 0.3) is 0 Å². The van der Waals surface area contributed by atoms with Gasteiger partial charge in [0.25, 0.3) is 0 Å². The summed E-state index contributed by atoms with van der Waals surface area (Å²) in [4.78, 5) is 19.0. The second kappa shape index (κ2) is 5.47. The van der Waals surface area contributed by atoms with E-state index in [0.29, 0.717) is 23.8 Å². The molecule has 0 radical (unpaired) electrons. The summed E-state index contributed by atoms with van der Waals surface area (Å²) in [7, 11) is 0.